The fraction of sp³-hybridized carbons (Fsp3) is 1.00. The van der Waals surface area contributed by atoms with E-state index in [2.05, 4.69) is 0 Å². The summed E-state index contributed by atoms with van der Waals surface area (Å²) in [6.45, 7) is 0. The van der Waals surface area contributed by atoms with E-state index in [-0.39, 0.29) is 12.4 Å². The Labute approximate surface area is 87.9 Å². The topological polar surface area (TPSA) is 26.0 Å². The Hall–Kier alpha value is 0.250. The van der Waals surface area contributed by atoms with Gasteiger partial charge in [0.15, 0.2) is 0 Å². The third kappa shape index (κ3) is 2.60. The van der Waals surface area contributed by atoms with Gasteiger partial charge in [-0.25, -0.2) is 0 Å². The number of nitrogens with two attached hydrogens (primary N) is 1. The molecule has 2 fully saturated rings. The zero-order chi connectivity index (χ0) is 8.44. The van der Waals surface area contributed by atoms with E-state index in [4.69, 9.17) is 5.73 Å². The highest BCUT2D eigenvalue weighted by Gasteiger charge is 2.34. The van der Waals surface area contributed by atoms with Crippen molar-refractivity contribution in [3.63, 3.8) is 0 Å². The standard InChI is InChI=1S/C11H21N.ClH/c12-10-4-3-8-11(9-5-10)6-1-2-7-11;/h10H,1-9,12H2;1H. The first-order chi connectivity index (χ1) is 5.81. The molecule has 2 aliphatic carbocycles. The fourth-order valence-corrected chi connectivity index (χ4v) is 3.13. The van der Waals surface area contributed by atoms with Gasteiger partial charge < -0.3 is 5.73 Å². The highest BCUT2D eigenvalue weighted by Crippen LogP contribution is 2.47. The third-order valence-corrected chi connectivity index (χ3v) is 3.99. The minimum atomic E-state index is 0. The zero-order valence-electron chi connectivity index (χ0n) is 8.43. The Bertz CT molecular complexity index is 152. The lowest BCUT2D eigenvalue weighted by Gasteiger charge is -2.26. The molecule has 2 rings (SSSR count). The molecule has 0 heterocycles. The summed E-state index contributed by atoms with van der Waals surface area (Å²) in [5, 5.41) is 0. The van der Waals surface area contributed by atoms with Gasteiger partial charge in [0.05, 0.1) is 0 Å². The highest BCUT2D eigenvalue weighted by molar-refractivity contribution is 5.85. The summed E-state index contributed by atoms with van der Waals surface area (Å²) in [6, 6.07) is 0.518. The minimum absolute atomic E-state index is 0. The van der Waals surface area contributed by atoms with Gasteiger partial charge in [-0.15, -0.1) is 12.4 Å². The molecule has 1 unspecified atom stereocenters. The van der Waals surface area contributed by atoms with Crippen molar-refractivity contribution in [2.24, 2.45) is 11.1 Å². The van der Waals surface area contributed by atoms with Crippen LogP contribution in [0.25, 0.3) is 0 Å². The van der Waals surface area contributed by atoms with Gasteiger partial charge in [-0.3, -0.25) is 0 Å². The van der Waals surface area contributed by atoms with Gasteiger partial charge in [0.1, 0.15) is 0 Å². The van der Waals surface area contributed by atoms with Crippen molar-refractivity contribution in [3.05, 3.63) is 0 Å². The second kappa shape index (κ2) is 4.65. The molecule has 1 atom stereocenters. The maximum atomic E-state index is 5.99. The fourth-order valence-electron chi connectivity index (χ4n) is 3.13. The van der Waals surface area contributed by atoms with E-state index >= 15 is 0 Å². The molecule has 2 heteroatoms. The van der Waals surface area contributed by atoms with Crippen molar-refractivity contribution in [2.75, 3.05) is 0 Å². The lowest BCUT2D eigenvalue weighted by molar-refractivity contribution is 0.252. The summed E-state index contributed by atoms with van der Waals surface area (Å²) in [5.41, 5.74) is 6.74. The Morgan fingerprint density at radius 3 is 2.15 bits per heavy atom. The van der Waals surface area contributed by atoms with Crippen LogP contribution in [0, 0.1) is 5.41 Å². The molecular formula is C11H22ClN. The molecule has 0 aromatic carbocycles. The molecule has 0 saturated heterocycles. The van der Waals surface area contributed by atoms with Crippen LogP contribution in [-0.2, 0) is 0 Å². The van der Waals surface area contributed by atoms with Crippen molar-refractivity contribution in [2.45, 2.75) is 63.8 Å². The molecule has 13 heavy (non-hydrogen) atoms. The second-order valence-corrected chi connectivity index (χ2v) is 4.90. The molecule has 2 saturated carbocycles. The minimum Gasteiger partial charge on any atom is -0.328 e. The first-order valence-electron chi connectivity index (χ1n) is 5.56. The molecule has 0 amide bonds. The normalized spacial score (nSPS) is 32.5. The number of rotatable bonds is 0. The first kappa shape index (κ1) is 11.3. The van der Waals surface area contributed by atoms with Gasteiger partial charge in [-0.1, -0.05) is 19.3 Å². The molecule has 2 N–H and O–H groups in total. The predicted molar refractivity (Wildman–Crippen MR) is 59.2 cm³/mol. The van der Waals surface area contributed by atoms with Crippen LogP contribution in [0.1, 0.15) is 57.8 Å². The highest BCUT2D eigenvalue weighted by atomic mass is 35.5. The van der Waals surface area contributed by atoms with Crippen molar-refractivity contribution >= 4 is 12.4 Å². The Morgan fingerprint density at radius 1 is 0.846 bits per heavy atom. The van der Waals surface area contributed by atoms with Gasteiger partial charge in [0.2, 0.25) is 0 Å². The number of halogens is 1. The van der Waals surface area contributed by atoms with Gasteiger partial charge in [0, 0.05) is 6.04 Å². The summed E-state index contributed by atoms with van der Waals surface area (Å²) >= 11 is 0. The smallest absolute Gasteiger partial charge is 0.00390 e. The zero-order valence-corrected chi connectivity index (χ0v) is 9.24. The van der Waals surface area contributed by atoms with Gasteiger partial charge in [0.25, 0.3) is 0 Å². The van der Waals surface area contributed by atoms with Crippen LogP contribution in [0.5, 0.6) is 0 Å². The van der Waals surface area contributed by atoms with Crippen LogP contribution in [-0.4, -0.2) is 6.04 Å². The molecule has 0 aromatic heterocycles. The van der Waals surface area contributed by atoms with Crippen molar-refractivity contribution in [3.8, 4) is 0 Å². The Kier molecular flexibility index (Phi) is 4.06. The summed E-state index contributed by atoms with van der Waals surface area (Å²) in [7, 11) is 0. The monoisotopic (exact) mass is 203 g/mol. The molecular weight excluding hydrogens is 182 g/mol. The van der Waals surface area contributed by atoms with Crippen LogP contribution in [0.3, 0.4) is 0 Å². The summed E-state index contributed by atoms with van der Waals surface area (Å²) in [4.78, 5) is 0. The van der Waals surface area contributed by atoms with E-state index in [1.807, 2.05) is 0 Å². The number of hydrogen-bond acceptors (Lipinski definition) is 1. The molecule has 0 aromatic rings. The molecule has 1 spiro atoms. The average Bonchev–Trinajstić information content (AvgIpc) is 2.42. The lowest BCUT2D eigenvalue weighted by Crippen LogP contribution is -2.20. The van der Waals surface area contributed by atoms with Crippen molar-refractivity contribution < 1.29 is 0 Å². The second-order valence-electron chi connectivity index (χ2n) is 4.90. The SMILES string of the molecule is Cl.NC1CCCC2(CCCC2)CC1. The Balaban J connectivity index is 0.000000845. The quantitative estimate of drug-likeness (QED) is 0.643. The van der Waals surface area contributed by atoms with Crippen LogP contribution >= 0.6 is 12.4 Å². The van der Waals surface area contributed by atoms with Crippen LogP contribution < -0.4 is 5.73 Å². The van der Waals surface area contributed by atoms with Crippen LogP contribution in [0.15, 0.2) is 0 Å². The van der Waals surface area contributed by atoms with Crippen LogP contribution in [0.4, 0.5) is 0 Å². The molecule has 0 aliphatic heterocycles. The number of hydrogen-bond donors (Lipinski definition) is 1. The molecule has 1 nitrogen and oxygen atoms in total. The van der Waals surface area contributed by atoms with E-state index in [1.54, 1.807) is 0 Å². The summed E-state index contributed by atoms with van der Waals surface area (Å²) in [6.07, 6.45) is 12.8. The average molecular weight is 204 g/mol. The van der Waals surface area contributed by atoms with Gasteiger partial charge >= 0.3 is 0 Å². The van der Waals surface area contributed by atoms with Gasteiger partial charge in [-0.2, -0.15) is 0 Å². The largest absolute Gasteiger partial charge is 0.328 e. The van der Waals surface area contributed by atoms with Crippen molar-refractivity contribution in [1.29, 1.82) is 0 Å². The van der Waals surface area contributed by atoms with E-state index < -0.39 is 0 Å². The third-order valence-electron chi connectivity index (χ3n) is 3.99. The van der Waals surface area contributed by atoms with Crippen molar-refractivity contribution in [1.82, 2.24) is 0 Å². The maximum Gasteiger partial charge on any atom is 0.00390 e. The maximum absolute atomic E-state index is 5.99. The van der Waals surface area contributed by atoms with E-state index in [9.17, 15) is 0 Å². The molecule has 2 aliphatic rings. The predicted octanol–water partition coefficient (Wildman–Crippen LogP) is 3.26. The summed E-state index contributed by atoms with van der Waals surface area (Å²) in [5.74, 6) is 0. The van der Waals surface area contributed by atoms with Gasteiger partial charge in [-0.05, 0) is 43.9 Å². The Morgan fingerprint density at radius 2 is 1.46 bits per heavy atom. The molecule has 0 bridgehead atoms. The van der Waals surface area contributed by atoms with E-state index in [0.29, 0.717) is 6.04 Å². The molecule has 78 valence electrons. The van der Waals surface area contributed by atoms with E-state index in [1.165, 1.54) is 57.8 Å². The lowest BCUT2D eigenvalue weighted by atomic mass is 9.79. The van der Waals surface area contributed by atoms with E-state index in [0.717, 1.165) is 5.41 Å². The van der Waals surface area contributed by atoms with Crippen LogP contribution in [0.2, 0.25) is 0 Å². The summed E-state index contributed by atoms with van der Waals surface area (Å²) < 4.78 is 0. The molecule has 0 radical (unpaired) electrons. The first-order valence-corrected chi connectivity index (χ1v) is 5.56.